The minimum Gasteiger partial charge on any atom is -0.207 e. The van der Waals surface area contributed by atoms with Crippen LogP contribution >= 0.6 is 22.9 Å². The molecule has 0 atom stereocenters. The summed E-state index contributed by atoms with van der Waals surface area (Å²) in [6.07, 6.45) is 0.476. The largest absolute Gasteiger partial charge is 0.207 e. The number of halogens is 4. The van der Waals surface area contributed by atoms with Crippen molar-refractivity contribution < 1.29 is 13.2 Å². The van der Waals surface area contributed by atoms with Crippen LogP contribution in [0.15, 0.2) is 12.1 Å². The van der Waals surface area contributed by atoms with E-state index in [1.165, 1.54) is 0 Å². The van der Waals surface area contributed by atoms with Crippen LogP contribution < -0.4 is 0 Å². The Bertz CT molecular complexity index is 521. The zero-order chi connectivity index (χ0) is 12.4. The molecular weight excluding hydrogens is 273 g/mol. The first-order chi connectivity index (χ1) is 8.11. The summed E-state index contributed by atoms with van der Waals surface area (Å²) in [4.78, 5) is 0. The van der Waals surface area contributed by atoms with Crippen LogP contribution in [-0.2, 0) is 6.42 Å². The molecule has 2 rings (SSSR count). The van der Waals surface area contributed by atoms with Crippen LogP contribution in [0, 0.1) is 17.5 Å². The third kappa shape index (κ3) is 2.58. The summed E-state index contributed by atoms with van der Waals surface area (Å²) in [5.41, 5.74) is -0.357. The molecule has 0 saturated heterocycles. The lowest BCUT2D eigenvalue weighted by molar-refractivity contribution is 0.547. The van der Waals surface area contributed by atoms with Gasteiger partial charge in [-0.05, 0) is 0 Å². The van der Waals surface area contributed by atoms with Crippen molar-refractivity contribution in [1.82, 2.24) is 10.2 Å². The van der Waals surface area contributed by atoms with Gasteiger partial charge in [0.2, 0.25) is 0 Å². The van der Waals surface area contributed by atoms with Gasteiger partial charge in [0.05, 0.1) is 5.56 Å². The van der Waals surface area contributed by atoms with E-state index in [1.54, 1.807) is 0 Å². The van der Waals surface area contributed by atoms with Crippen molar-refractivity contribution in [3.8, 4) is 10.6 Å². The Labute approximate surface area is 104 Å². The maximum absolute atomic E-state index is 13.4. The number of alkyl halides is 1. The lowest BCUT2D eigenvalue weighted by Crippen LogP contribution is -1.91. The van der Waals surface area contributed by atoms with Gasteiger partial charge >= 0.3 is 0 Å². The third-order valence-electron chi connectivity index (χ3n) is 2.00. The van der Waals surface area contributed by atoms with Crippen molar-refractivity contribution >= 4 is 22.9 Å². The number of aryl methyl sites for hydroxylation is 1. The monoisotopic (exact) mass is 278 g/mol. The number of hydrogen-bond acceptors (Lipinski definition) is 3. The van der Waals surface area contributed by atoms with Crippen LogP contribution in [0.3, 0.4) is 0 Å². The molecule has 2 nitrogen and oxygen atoms in total. The Morgan fingerprint density at radius 2 is 1.76 bits per heavy atom. The number of hydrogen-bond donors (Lipinski definition) is 0. The number of nitrogens with zero attached hydrogens (tertiary/aromatic N) is 2. The van der Waals surface area contributed by atoms with Crippen LogP contribution in [0.4, 0.5) is 13.2 Å². The van der Waals surface area contributed by atoms with Gasteiger partial charge in [-0.2, -0.15) is 0 Å². The fourth-order valence-corrected chi connectivity index (χ4v) is 2.46. The van der Waals surface area contributed by atoms with E-state index in [2.05, 4.69) is 10.2 Å². The molecule has 0 N–H and O–H groups in total. The quantitative estimate of drug-likeness (QED) is 0.804. The smallest absolute Gasteiger partial charge is 0.153 e. The molecule has 7 heteroatoms. The van der Waals surface area contributed by atoms with Crippen LogP contribution in [0.5, 0.6) is 0 Å². The van der Waals surface area contributed by atoms with Crippen LogP contribution in [0.2, 0.25) is 0 Å². The normalized spacial score (nSPS) is 10.8. The molecule has 0 aliphatic carbocycles. The maximum atomic E-state index is 13.4. The number of aromatic nitrogens is 2. The van der Waals surface area contributed by atoms with Crippen LogP contribution in [-0.4, -0.2) is 16.1 Å². The zero-order valence-corrected chi connectivity index (χ0v) is 9.96. The minimum atomic E-state index is -0.990. The summed E-state index contributed by atoms with van der Waals surface area (Å²) in [7, 11) is 0. The Hall–Kier alpha value is -1.14. The molecule has 1 aromatic heterocycles. The second-order valence-corrected chi connectivity index (χ2v) is 4.62. The molecule has 90 valence electrons. The summed E-state index contributed by atoms with van der Waals surface area (Å²) >= 11 is 6.55. The summed E-state index contributed by atoms with van der Waals surface area (Å²) in [5, 5.41) is 8.07. The lowest BCUT2D eigenvalue weighted by atomic mass is 10.2. The molecule has 17 heavy (non-hydrogen) atoms. The number of rotatable bonds is 3. The molecule has 1 aromatic carbocycles. The molecular formula is C10H6ClF3N2S. The van der Waals surface area contributed by atoms with Crippen molar-refractivity contribution in [1.29, 1.82) is 0 Å². The Balaban J connectivity index is 2.45. The van der Waals surface area contributed by atoms with Gasteiger partial charge in [-0.25, -0.2) is 13.2 Å². The number of benzene rings is 1. The van der Waals surface area contributed by atoms with Gasteiger partial charge in [-0.1, -0.05) is 11.3 Å². The molecule has 0 fully saturated rings. The van der Waals surface area contributed by atoms with Crippen molar-refractivity contribution in [3.63, 3.8) is 0 Å². The van der Waals surface area contributed by atoms with Gasteiger partial charge in [-0.15, -0.1) is 21.8 Å². The highest BCUT2D eigenvalue weighted by molar-refractivity contribution is 7.14. The van der Waals surface area contributed by atoms with E-state index in [4.69, 9.17) is 11.6 Å². The van der Waals surface area contributed by atoms with E-state index in [1.807, 2.05) is 0 Å². The minimum absolute atomic E-state index is 0.0834. The Morgan fingerprint density at radius 3 is 2.35 bits per heavy atom. The molecule has 1 heterocycles. The molecule has 0 unspecified atom stereocenters. The average Bonchev–Trinajstić information content (AvgIpc) is 2.65. The predicted octanol–water partition coefficient (Wildman–Crippen LogP) is 3.40. The molecule has 0 aliphatic heterocycles. The molecule has 0 bridgehead atoms. The summed E-state index contributed by atoms with van der Waals surface area (Å²) < 4.78 is 39.6. The summed E-state index contributed by atoms with van der Waals surface area (Å²) in [5.74, 6) is -2.59. The summed E-state index contributed by atoms with van der Waals surface area (Å²) in [6, 6.07) is 1.22. The molecule has 0 saturated carbocycles. The fraction of sp³-hybridized carbons (Fsp3) is 0.200. The van der Waals surface area contributed by atoms with Gasteiger partial charge in [0.25, 0.3) is 0 Å². The highest BCUT2D eigenvalue weighted by Crippen LogP contribution is 2.29. The second kappa shape index (κ2) is 5.01. The van der Waals surface area contributed by atoms with Gasteiger partial charge in [0, 0.05) is 24.4 Å². The van der Waals surface area contributed by atoms with E-state index in [9.17, 15) is 13.2 Å². The van der Waals surface area contributed by atoms with E-state index >= 15 is 0 Å². The average molecular weight is 279 g/mol. The molecule has 0 spiro atoms. The highest BCUT2D eigenvalue weighted by atomic mass is 35.5. The van der Waals surface area contributed by atoms with Gasteiger partial charge in [-0.3, -0.25) is 0 Å². The van der Waals surface area contributed by atoms with E-state index in [-0.39, 0.29) is 10.6 Å². The maximum Gasteiger partial charge on any atom is 0.153 e. The molecule has 2 aromatic rings. The first-order valence-electron chi connectivity index (χ1n) is 4.65. The van der Waals surface area contributed by atoms with Gasteiger partial charge in [0.15, 0.2) is 5.01 Å². The highest BCUT2D eigenvalue weighted by Gasteiger charge is 2.17. The SMILES string of the molecule is Fc1cc(F)c(-c2nnc(CCCl)s2)c(F)c1. The molecule has 0 aliphatic rings. The van der Waals surface area contributed by atoms with Crippen LogP contribution in [0.25, 0.3) is 10.6 Å². The van der Waals surface area contributed by atoms with E-state index < -0.39 is 17.5 Å². The Kier molecular flexibility index (Phi) is 3.63. The topological polar surface area (TPSA) is 25.8 Å². The first kappa shape index (κ1) is 12.3. The molecule has 0 radical (unpaired) electrons. The fourth-order valence-electron chi connectivity index (χ4n) is 1.28. The summed E-state index contributed by atoms with van der Waals surface area (Å²) in [6.45, 7) is 0. The van der Waals surface area contributed by atoms with Crippen LogP contribution in [0.1, 0.15) is 5.01 Å². The van der Waals surface area contributed by atoms with E-state index in [0.29, 0.717) is 29.4 Å². The predicted molar refractivity (Wildman–Crippen MR) is 59.6 cm³/mol. The van der Waals surface area contributed by atoms with Gasteiger partial charge in [0.1, 0.15) is 22.5 Å². The van der Waals surface area contributed by atoms with Crippen molar-refractivity contribution in [2.45, 2.75) is 6.42 Å². The van der Waals surface area contributed by atoms with Gasteiger partial charge < -0.3 is 0 Å². The zero-order valence-electron chi connectivity index (χ0n) is 8.38. The van der Waals surface area contributed by atoms with Crippen molar-refractivity contribution in [2.75, 3.05) is 5.88 Å². The molecule has 0 amide bonds. The third-order valence-corrected chi connectivity index (χ3v) is 3.19. The Morgan fingerprint density at radius 1 is 1.12 bits per heavy atom. The first-order valence-corrected chi connectivity index (χ1v) is 6.00. The van der Waals surface area contributed by atoms with Crippen molar-refractivity contribution in [2.24, 2.45) is 0 Å². The van der Waals surface area contributed by atoms with Crippen molar-refractivity contribution in [3.05, 3.63) is 34.6 Å². The standard InChI is InChI=1S/C10H6ClF3N2S/c11-2-1-8-15-16-10(17-8)9-6(13)3-5(12)4-7(9)14/h3-4H,1-2H2. The van der Waals surface area contributed by atoms with E-state index in [0.717, 1.165) is 11.3 Å². The second-order valence-electron chi connectivity index (χ2n) is 3.18. The lowest BCUT2D eigenvalue weighted by Gasteiger charge is -2.00.